The van der Waals surface area contributed by atoms with Gasteiger partial charge in [-0.1, -0.05) is 31.1 Å². The van der Waals surface area contributed by atoms with Crippen molar-refractivity contribution < 1.29 is 22.8 Å². The lowest BCUT2D eigenvalue weighted by molar-refractivity contribution is -0.134. The molecule has 0 radical (unpaired) electrons. The molecule has 3 aliphatic rings. The number of carbonyl (C=O) groups is 1. The quantitative estimate of drug-likeness (QED) is 0.494. The Hall–Kier alpha value is -2.97. The molecular formula is C28H36F2N4O3. The van der Waals surface area contributed by atoms with Crippen LogP contribution >= 0.6 is 0 Å². The maximum atomic E-state index is 14.9. The van der Waals surface area contributed by atoms with Crippen LogP contribution in [0.25, 0.3) is 5.57 Å². The van der Waals surface area contributed by atoms with Gasteiger partial charge in [0.2, 0.25) is 5.91 Å². The van der Waals surface area contributed by atoms with Crippen LogP contribution in [0.15, 0.2) is 28.8 Å². The van der Waals surface area contributed by atoms with E-state index in [-0.39, 0.29) is 35.9 Å². The van der Waals surface area contributed by atoms with E-state index in [9.17, 15) is 13.6 Å². The Balaban J connectivity index is 1.10. The van der Waals surface area contributed by atoms with Crippen LogP contribution in [0.3, 0.4) is 0 Å². The van der Waals surface area contributed by atoms with Crippen molar-refractivity contribution in [3.05, 3.63) is 41.5 Å². The highest BCUT2D eigenvalue weighted by molar-refractivity contribution is 5.81. The lowest BCUT2D eigenvalue weighted by Crippen LogP contribution is -2.35. The summed E-state index contributed by atoms with van der Waals surface area (Å²) >= 11 is 0. The van der Waals surface area contributed by atoms with Gasteiger partial charge in [-0.25, -0.2) is 8.78 Å². The third kappa shape index (κ3) is 5.96. The summed E-state index contributed by atoms with van der Waals surface area (Å²) in [6, 6.07) is 5.70. The number of halogens is 2. The number of benzene rings is 1. The third-order valence-electron chi connectivity index (χ3n) is 7.81. The molecule has 1 aromatic carbocycles. The fraction of sp³-hybridized carbons (Fsp3) is 0.607. The van der Waals surface area contributed by atoms with Crippen LogP contribution in [0.1, 0.15) is 69.7 Å². The zero-order valence-corrected chi connectivity index (χ0v) is 21.7. The second-order valence-corrected chi connectivity index (χ2v) is 10.8. The van der Waals surface area contributed by atoms with Gasteiger partial charge in [-0.2, -0.15) is 4.98 Å². The van der Waals surface area contributed by atoms with Crippen molar-refractivity contribution >= 4 is 17.5 Å². The van der Waals surface area contributed by atoms with Crippen molar-refractivity contribution in [2.24, 2.45) is 11.8 Å². The molecule has 0 bridgehead atoms. The Morgan fingerprint density at radius 2 is 2.00 bits per heavy atom. The van der Waals surface area contributed by atoms with Crippen LogP contribution in [0, 0.1) is 17.7 Å². The number of nitrogens with zero attached hydrogens (tertiary/aromatic N) is 4. The molecule has 1 aliphatic carbocycles. The molecule has 1 unspecified atom stereocenters. The number of allylic oxidation sites excluding steroid dienone is 2. The summed E-state index contributed by atoms with van der Waals surface area (Å²) in [6.45, 7) is 6.87. The van der Waals surface area contributed by atoms with Crippen molar-refractivity contribution in [2.45, 2.75) is 64.5 Å². The van der Waals surface area contributed by atoms with Gasteiger partial charge >= 0.3 is 6.01 Å². The average Bonchev–Trinajstić information content (AvgIpc) is 3.58. The van der Waals surface area contributed by atoms with Gasteiger partial charge in [0.15, 0.2) is 17.4 Å². The summed E-state index contributed by atoms with van der Waals surface area (Å²) in [7, 11) is 0. The maximum absolute atomic E-state index is 14.9. The zero-order chi connectivity index (χ0) is 25.9. The number of aromatic nitrogens is 2. The SMILES string of the molecule is CC(C)c1noc(N2CCC(COc3ccc(C4=CCC(C(=O)N5CC[C@H](F)C5)CC4)cc3F)CC2)n1. The number of piperidine rings is 1. The first kappa shape index (κ1) is 25.7. The van der Waals surface area contributed by atoms with E-state index in [1.165, 1.54) is 6.07 Å². The molecule has 0 spiro atoms. The Kier molecular flexibility index (Phi) is 7.76. The number of amides is 1. The smallest absolute Gasteiger partial charge is 0.324 e. The van der Waals surface area contributed by atoms with E-state index in [1.54, 1.807) is 11.0 Å². The number of ether oxygens (including phenoxy) is 1. The highest BCUT2D eigenvalue weighted by Crippen LogP contribution is 2.34. The summed E-state index contributed by atoms with van der Waals surface area (Å²) in [6.07, 6.45) is 5.42. The Bertz CT molecular complexity index is 1130. The van der Waals surface area contributed by atoms with E-state index in [0.717, 1.165) is 42.9 Å². The molecule has 0 saturated carbocycles. The molecule has 200 valence electrons. The van der Waals surface area contributed by atoms with E-state index < -0.39 is 6.17 Å². The van der Waals surface area contributed by atoms with Crippen LogP contribution in [0.2, 0.25) is 0 Å². The predicted octanol–water partition coefficient (Wildman–Crippen LogP) is 5.38. The lowest BCUT2D eigenvalue weighted by Gasteiger charge is -2.30. The highest BCUT2D eigenvalue weighted by atomic mass is 19.1. The van der Waals surface area contributed by atoms with Crippen molar-refractivity contribution in [1.82, 2.24) is 15.0 Å². The molecule has 3 heterocycles. The largest absolute Gasteiger partial charge is 0.490 e. The molecule has 2 saturated heterocycles. The number of alkyl halides is 1. The summed E-state index contributed by atoms with van der Waals surface area (Å²) in [5.41, 5.74) is 1.88. The van der Waals surface area contributed by atoms with Gasteiger partial charge in [-0.3, -0.25) is 4.79 Å². The average molecular weight is 515 g/mol. The van der Waals surface area contributed by atoms with Gasteiger partial charge in [0, 0.05) is 31.5 Å². The van der Waals surface area contributed by atoms with E-state index in [4.69, 9.17) is 9.26 Å². The van der Waals surface area contributed by atoms with E-state index >= 15 is 0 Å². The normalized spacial score (nSPS) is 23.0. The Labute approximate surface area is 216 Å². The Morgan fingerprint density at radius 3 is 2.62 bits per heavy atom. The van der Waals surface area contributed by atoms with Crippen LogP contribution < -0.4 is 9.64 Å². The minimum Gasteiger partial charge on any atom is -0.490 e. The van der Waals surface area contributed by atoms with Crippen molar-refractivity contribution in [2.75, 3.05) is 37.7 Å². The zero-order valence-electron chi connectivity index (χ0n) is 21.7. The molecule has 2 atom stereocenters. The van der Waals surface area contributed by atoms with Gasteiger partial charge in [0.05, 0.1) is 13.2 Å². The molecule has 9 heteroatoms. The van der Waals surface area contributed by atoms with Gasteiger partial charge < -0.3 is 19.1 Å². The summed E-state index contributed by atoms with van der Waals surface area (Å²) in [4.78, 5) is 20.9. The van der Waals surface area contributed by atoms with Gasteiger partial charge in [0.1, 0.15) is 6.17 Å². The molecule has 1 amide bonds. The molecule has 5 rings (SSSR count). The minimum atomic E-state index is -0.898. The summed E-state index contributed by atoms with van der Waals surface area (Å²) in [5.74, 6) is 1.12. The van der Waals surface area contributed by atoms with E-state index in [1.807, 2.05) is 26.0 Å². The molecule has 1 aromatic heterocycles. The number of anilines is 1. The van der Waals surface area contributed by atoms with E-state index in [2.05, 4.69) is 15.0 Å². The highest BCUT2D eigenvalue weighted by Gasteiger charge is 2.31. The molecular weight excluding hydrogens is 478 g/mol. The number of rotatable bonds is 7. The van der Waals surface area contributed by atoms with Crippen molar-refractivity contribution in [1.29, 1.82) is 0 Å². The Morgan fingerprint density at radius 1 is 1.19 bits per heavy atom. The second kappa shape index (κ2) is 11.2. The molecule has 2 aliphatic heterocycles. The molecule has 2 fully saturated rings. The van der Waals surface area contributed by atoms with E-state index in [0.29, 0.717) is 50.8 Å². The van der Waals surface area contributed by atoms with Gasteiger partial charge in [-0.15, -0.1) is 0 Å². The summed E-state index contributed by atoms with van der Waals surface area (Å²) < 4.78 is 39.6. The summed E-state index contributed by atoms with van der Waals surface area (Å²) in [5, 5.41) is 4.04. The monoisotopic (exact) mass is 514 g/mol. The molecule has 7 nitrogen and oxygen atoms in total. The number of carbonyl (C=O) groups excluding carboxylic acids is 1. The van der Waals surface area contributed by atoms with Crippen molar-refractivity contribution in [3.63, 3.8) is 0 Å². The fourth-order valence-electron chi connectivity index (χ4n) is 5.40. The molecule has 37 heavy (non-hydrogen) atoms. The first-order valence-electron chi connectivity index (χ1n) is 13.5. The van der Waals surface area contributed by atoms with Gasteiger partial charge in [-0.05, 0) is 67.7 Å². The second-order valence-electron chi connectivity index (χ2n) is 10.8. The van der Waals surface area contributed by atoms with Crippen LogP contribution in [-0.4, -0.2) is 59.9 Å². The first-order valence-corrected chi connectivity index (χ1v) is 13.5. The fourth-order valence-corrected chi connectivity index (χ4v) is 5.40. The number of hydrogen-bond donors (Lipinski definition) is 0. The number of hydrogen-bond acceptors (Lipinski definition) is 6. The van der Waals surface area contributed by atoms with Crippen LogP contribution in [-0.2, 0) is 4.79 Å². The minimum absolute atomic E-state index is 0.0496. The molecule has 0 N–H and O–H groups in total. The third-order valence-corrected chi connectivity index (χ3v) is 7.81. The standard InChI is InChI=1S/C28H36F2N4O3/c1-18(2)26-31-28(37-32-26)33-12-9-19(10-13-33)17-36-25-8-7-22(15-24(25)30)20-3-5-21(6-4-20)27(35)34-14-11-23(29)16-34/h3,7-8,15,18-19,21,23H,4-6,9-14,16-17H2,1-2H3/t21?,23-/m0/s1. The first-order chi connectivity index (χ1) is 17.9. The number of likely N-dealkylation sites (tertiary alicyclic amines) is 1. The lowest BCUT2D eigenvalue weighted by atomic mass is 9.86. The topological polar surface area (TPSA) is 71.7 Å². The molecule has 2 aromatic rings. The maximum Gasteiger partial charge on any atom is 0.324 e. The van der Waals surface area contributed by atoms with Crippen molar-refractivity contribution in [3.8, 4) is 5.75 Å². The van der Waals surface area contributed by atoms with Crippen LogP contribution in [0.5, 0.6) is 5.75 Å². The van der Waals surface area contributed by atoms with Crippen LogP contribution in [0.4, 0.5) is 14.8 Å². The van der Waals surface area contributed by atoms with Gasteiger partial charge in [0.25, 0.3) is 0 Å². The predicted molar refractivity (Wildman–Crippen MR) is 137 cm³/mol.